The maximum absolute atomic E-state index is 13.1. The average Bonchev–Trinajstić information content (AvgIpc) is 2.64. The molecule has 0 aliphatic rings. The molecule has 0 radical (unpaired) electrons. The summed E-state index contributed by atoms with van der Waals surface area (Å²) in [5.41, 5.74) is 9.12. The molecular formula is C22H26FN3O3. The van der Waals surface area contributed by atoms with Crippen molar-refractivity contribution in [2.75, 3.05) is 0 Å². The van der Waals surface area contributed by atoms with Gasteiger partial charge in [0.2, 0.25) is 17.7 Å². The lowest BCUT2D eigenvalue weighted by Gasteiger charge is -2.23. The van der Waals surface area contributed by atoms with Gasteiger partial charge >= 0.3 is 0 Å². The van der Waals surface area contributed by atoms with Crippen LogP contribution in [0, 0.1) is 19.7 Å². The number of benzene rings is 2. The van der Waals surface area contributed by atoms with Crippen LogP contribution in [0.2, 0.25) is 0 Å². The number of hydrogen-bond donors (Lipinski definition) is 3. The van der Waals surface area contributed by atoms with Crippen molar-refractivity contribution in [2.24, 2.45) is 5.73 Å². The SMILES string of the molecule is CC(=O)N[C@H](Cc1ccc(F)cc1)C(=O)N[C@H](Cc1c(C)cccc1C)C(N)=O. The van der Waals surface area contributed by atoms with Gasteiger partial charge in [0.25, 0.3) is 0 Å². The summed E-state index contributed by atoms with van der Waals surface area (Å²) in [7, 11) is 0. The molecule has 3 amide bonds. The third kappa shape index (κ3) is 6.41. The van der Waals surface area contributed by atoms with Gasteiger partial charge in [0.05, 0.1) is 0 Å². The molecule has 0 unspecified atom stereocenters. The predicted molar refractivity (Wildman–Crippen MR) is 108 cm³/mol. The van der Waals surface area contributed by atoms with Gasteiger partial charge in [-0.05, 0) is 48.2 Å². The van der Waals surface area contributed by atoms with Crippen molar-refractivity contribution in [3.05, 3.63) is 70.5 Å². The Hall–Kier alpha value is -3.22. The summed E-state index contributed by atoms with van der Waals surface area (Å²) in [6.45, 7) is 5.15. The van der Waals surface area contributed by atoms with E-state index < -0.39 is 35.6 Å². The summed E-state index contributed by atoms with van der Waals surface area (Å²) in [6.07, 6.45) is 0.406. The minimum Gasteiger partial charge on any atom is -0.368 e. The van der Waals surface area contributed by atoms with Gasteiger partial charge in [-0.2, -0.15) is 0 Å². The van der Waals surface area contributed by atoms with E-state index in [1.165, 1.54) is 19.1 Å². The Bertz CT molecular complexity index is 876. The van der Waals surface area contributed by atoms with Crippen molar-refractivity contribution in [1.82, 2.24) is 10.6 Å². The lowest BCUT2D eigenvalue weighted by Crippen LogP contribution is -2.54. The van der Waals surface area contributed by atoms with Gasteiger partial charge in [0.1, 0.15) is 17.9 Å². The molecule has 2 atom stereocenters. The third-order valence-corrected chi connectivity index (χ3v) is 4.76. The summed E-state index contributed by atoms with van der Waals surface area (Å²) in [5.74, 6) is -1.97. The number of nitrogens with one attached hydrogen (secondary N) is 2. The minimum atomic E-state index is -0.924. The van der Waals surface area contributed by atoms with Crippen molar-refractivity contribution in [2.45, 2.75) is 45.7 Å². The summed E-state index contributed by atoms with van der Waals surface area (Å²) < 4.78 is 13.1. The van der Waals surface area contributed by atoms with Gasteiger partial charge in [-0.1, -0.05) is 30.3 Å². The summed E-state index contributed by atoms with van der Waals surface area (Å²) in [6, 6.07) is 9.58. The van der Waals surface area contributed by atoms with Crippen LogP contribution < -0.4 is 16.4 Å². The molecule has 0 saturated carbocycles. The third-order valence-electron chi connectivity index (χ3n) is 4.76. The quantitative estimate of drug-likeness (QED) is 0.630. The Labute approximate surface area is 169 Å². The molecule has 0 spiro atoms. The van der Waals surface area contributed by atoms with Crippen LogP contribution in [0.5, 0.6) is 0 Å². The number of nitrogens with two attached hydrogens (primary N) is 1. The number of amides is 3. The normalized spacial score (nSPS) is 12.7. The summed E-state index contributed by atoms with van der Waals surface area (Å²) in [5, 5.41) is 5.23. The van der Waals surface area contributed by atoms with Crippen LogP contribution in [0.1, 0.15) is 29.2 Å². The number of primary amides is 1. The standard InChI is InChI=1S/C22H26FN3O3/c1-13-5-4-6-14(2)18(13)12-19(21(24)28)26-22(29)20(25-15(3)27)11-16-7-9-17(23)10-8-16/h4-10,19-20H,11-12H2,1-3H3,(H2,24,28)(H,25,27)(H,26,29)/t19-,20-/m1/s1. The zero-order valence-electron chi connectivity index (χ0n) is 16.8. The van der Waals surface area contributed by atoms with E-state index in [0.717, 1.165) is 16.7 Å². The van der Waals surface area contributed by atoms with Crippen LogP contribution in [0.3, 0.4) is 0 Å². The first-order valence-corrected chi connectivity index (χ1v) is 9.33. The molecule has 6 nitrogen and oxygen atoms in total. The van der Waals surface area contributed by atoms with Crippen molar-refractivity contribution < 1.29 is 18.8 Å². The number of aryl methyl sites for hydroxylation is 2. The van der Waals surface area contributed by atoms with Crippen molar-refractivity contribution in [3.8, 4) is 0 Å². The first-order chi connectivity index (χ1) is 13.7. The van der Waals surface area contributed by atoms with Crippen LogP contribution in [0.15, 0.2) is 42.5 Å². The summed E-state index contributed by atoms with van der Waals surface area (Å²) in [4.78, 5) is 36.4. The Balaban J connectivity index is 2.18. The highest BCUT2D eigenvalue weighted by Gasteiger charge is 2.26. The molecule has 0 aliphatic heterocycles. The highest BCUT2D eigenvalue weighted by molar-refractivity contribution is 5.91. The number of carbonyl (C=O) groups excluding carboxylic acids is 3. The van der Waals surface area contributed by atoms with E-state index in [-0.39, 0.29) is 12.8 Å². The molecule has 0 heterocycles. The molecule has 29 heavy (non-hydrogen) atoms. The lowest BCUT2D eigenvalue weighted by atomic mass is 9.95. The molecule has 0 bridgehead atoms. The van der Waals surface area contributed by atoms with E-state index in [2.05, 4.69) is 10.6 Å². The van der Waals surface area contributed by atoms with Crippen LogP contribution in [0.25, 0.3) is 0 Å². The molecule has 0 fully saturated rings. The van der Waals surface area contributed by atoms with Crippen molar-refractivity contribution >= 4 is 17.7 Å². The van der Waals surface area contributed by atoms with E-state index in [4.69, 9.17) is 5.73 Å². The van der Waals surface area contributed by atoms with Gasteiger partial charge < -0.3 is 16.4 Å². The minimum absolute atomic E-state index is 0.153. The number of hydrogen-bond acceptors (Lipinski definition) is 3. The monoisotopic (exact) mass is 399 g/mol. The first-order valence-electron chi connectivity index (χ1n) is 9.33. The van der Waals surface area contributed by atoms with E-state index >= 15 is 0 Å². The van der Waals surface area contributed by atoms with Crippen LogP contribution in [-0.4, -0.2) is 29.8 Å². The molecular weight excluding hydrogens is 373 g/mol. The van der Waals surface area contributed by atoms with E-state index in [1.807, 2.05) is 32.0 Å². The van der Waals surface area contributed by atoms with Crippen LogP contribution >= 0.6 is 0 Å². The molecule has 154 valence electrons. The largest absolute Gasteiger partial charge is 0.368 e. The zero-order valence-corrected chi connectivity index (χ0v) is 16.8. The highest BCUT2D eigenvalue weighted by Crippen LogP contribution is 2.16. The Kier molecular flexibility index (Phi) is 7.47. The number of rotatable bonds is 8. The van der Waals surface area contributed by atoms with Gasteiger partial charge in [0.15, 0.2) is 0 Å². The second kappa shape index (κ2) is 9.82. The van der Waals surface area contributed by atoms with Gasteiger partial charge in [0, 0.05) is 19.8 Å². The number of carbonyl (C=O) groups is 3. The smallest absolute Gasteiger partial charge is 0.243 e. The maximum atomic E-state index is 13.1. The second-order valence-corrected chi connectivity index (χ2v) is 7.12. The fourth-order valence-electron chi connectivity index (χ4n) is 3.18. The maximum Gasteiger partial charge on any atom is 0.243 e. The first kappa shape index (κ1) is 22.1. The molecule has 4 N–H and O–H groups in total. The van der Waals surface area contributed by atoms with E-state index in [0.29, 0.717) is 5.56 Å². The Morgan fingerprint density at radius 1 is 0.931 bits per heavy atom. The molecule has 2 aromatic carbocycles. The molecule has 7 heteroatoms. The Morgan fingerprint density at radius 3 is 2.03 bits per heavy atom. The van der Waals surface area contributed by atoms with E-state index in [1.54, 1.807) is 12.1 Å². The van der Waals surface area contributed by atoms with Gasteiger partial charge in [-0.15, -0.1) is 0 Å². The zero-order chi connectivity index (χ0) is 21.6. The van der Waals surface area contributed by atoms with Crippen molar-refractivity contribution in [1.29, 1.82) is 0 Å². The summed E-state index contributed by atoms with van der Waals surface area (Å²) >= 11 is 0. The highest BCUT2D eigenvalue weighted by atomic mass is 19.1. The van der Waals surface area contributed by atoms with Gasteiger partial charge in [-0.3, -0.25) is 14.4 Å². The topological polar surface area (TPSA) is 101 Å². The second-order valence-electron chi connectivity index (χ2n) is 7.12. The fourth-order valence-corrected chi connectivity index (χ4v) is 3.18. The Morgan fingerprint density at radius 2 is 1.52 bits per heavy atom. The predicted octanol–water partition coefficient (Wildman–Crippen LogP) is 1.70. The van der Waals surface area contributed by atoms with E-state index in [9.17, 15) is 18.8 Å². The average molecular weight is 399 g/mol. The molecule has 2 aromatic rings. The van der Waals surface area contributed by atoms with Crippen molar-refractivity contribution in [3.63, 3.8) is 0 Å². The van der Waals surface area contributed by atoms with Crippen LogP contribution in [0.4, 0.5) is 4.39 Å². The molecule has 0 saturated heterocycles. The lowest BCUT2D eigenvalue weighted by molar-refractivity contribution is -0.130. The fraction of sp³-hybridized carbons (Fsp3) is 0.318. The molecule has 2 rings (SSSR count). The van der Waals surface area contributed by atoms with Gasteiger partial charge in [-0.25, -0.2) is 4.39 Å². The molecule has 0 aromatic heterocycles. The molecule has 0 aliphatic carbocycles. The van der Waals surface area contributed by atoms with Crippen LogP contribution in [-0.2, 0) is 27.2 Å². The number of halogens is 1.